The summed E-state index contributed by atoms with van der Waals surface area (Å²) in [4.78, 5) is 1.21. The van der Waals surface area contributed by atoms with Gasteiger partial charge in [-0.2, -0.15) is 0 Å². The Bertz CT molecular complexity index is 226. The van der Waals surface area contributed by atoms with Crippen molar-refractivity contribution >= 4 is 12.6 Å². The summed E-state index contributed by atoms with van der Waals surface area (Å²) in [6.45, 7) is 15.4. The molecule has 14 heavy (non-hydrogen) atoms. The molecule has 0 saturated heterocycles. The molecule has 0 unspecified atom stereocenters. The van der Waals surface area contributed by atoms with Gasteiger partial charge in [0.2, 0.25) is 0 Å². The predicted octanol–water partition coefficient (Wildman–Crippen LogP) is 4.84. The fraction of sp³-hybridized carbons (Fsp3) is 0.692. The third-order valence-electron chi connectivity index (χ3n) is 2.95. The zero-order valence-electron chi connectivity index (χ0n) is 10.6. The smallest absolute Gasteiger partial charge is 0.0127 e. The van der Waals surface area contributed by atoms with E-state index in [1.165, 1.54) is 21.6 Å². The van der Waals surface area contributed by atoms with Crippen LogP contribution in [0.5, 0.6) is 0 Å². The van der Waals surface area contributed by atoms with Crippen LogP contribution in [0, 0.1) is 11.8 Å². The topological polar surface area (TPSA) is 0 Å². The van der Waals surface area contributed by atoms with Gasteiger partial charge in [0.15, 0.2) is 0 Å². The molecule has 0 N–H and O–H groups in total. The molecule has 0 saturated carbocycles. The molecule has 0 fully saturated rings. The number of rotatable bonds is 3. The summed E-state index contributed by atoms with van der Waals surface area (Å²) in [7, 11) is 0. The number of hydrogen-bond donors (Lipinski definition) is 1. The van der Waals surface area contributed by atoms with Crippen molar-refractivity contribution in [3.05, 3.63) is 21.6 Å². The van der Waals surface area contributed by atoms with E-state index in [-0.39, 0.29) is 0 Å². The van der Waals surface area contributed by atoms with Crippen molar-refractivity contribution in [2.24, 2.45) is 11.8 Å². The molecule has 0 radical (unpaired) electrons. The molecule has 0 amide bonds. The summed E-state index contributed by atoms with van der Waals surface area (Å²) in [6, 6.07) is 0. The summed E-state index contributed by atoms with van der Waals surface area (Å²) in [5, 5.41) is 0. The maximum Gasteiger partial charge on any atom is -0.0127 e. The zero-order valence-corrected chi connectivity index (χ0v) is 11.5. The molecule has 1 heteroatoms. The van der Waals surface area contributed by atoms with Crippen LogP contribution < -0.4 is 0 Å². The van der Waals surface area contributed by atoms with Gasteiger partial charge in [0.05, 0.1) is 0 Å². The van der Waals surface area contributed by atoms with E-state index in [2.05, 4.69) is 61.1 Å². The number of thiol groups is 1. The highest BCUT2D eigenvalue weighted by atomic mass is 32.1. The summed E-state index contributed by atoms with van der Waals surface area (Å²) in [6.07, 6.45) is 0. The zero-order chi connectivity index (χ0) is 11.5. The van der Waals surface area contributed by atoms with E-state index in [0.29, 0.717) is 11.8 Å². The van der Waals surface area contributed by atoms with Crippen LogP contribution in [0.3, 0.4) is 0 Å². The van der Waals surface area contributed by atoms with Crippen LogP contribution >= 0.6 is 12.6 Å². The van der Waals surface area contributed by atoms with Crippen LogP contribution in [0.15, 0.2) is 21.6 Å². The van der Waals surface area contributed by atoms with Crippen molar-refractivity contribution < 1.29 is 0 Å². The molecule has 0 rings (SSSR count). The first-order valence-electron chi connectivity index (χ1n) is 5.36. The van der Waals surface area contributed by atoms with Gasteiger partial charge in [-0.3, -0.25) is 0 Å². The lowest BCUT2D eigenvalue weighted by Gasteiger charge is -2.15. The average molecular weight is 212 g/mol. The lowest BCUT2D eigenvalue weighted by Crippen LogP contribution is -1.98. The van der Waals surface area contributed by atoms with Crippen LogP contribution in [-0.4, -0.2) is 0 Å². The first-order chi connectivity index (χ1) is 6.29. The van der Waals surface area contributed by atoms with Gasteiger partial charge in [-0.1, -0.05) is 33.3 Å². The van der Waals surface area contributed by atoms with E-state index in [1.54, 1.807) is 0 Å². The molecule has 82 valence electrons. The molecule has 0 atom stereocenters. The lowest BCUT2D eigenvalue weighted by molar-refractivity contribution is 0.754. The van der Waals surface area contributed by atoms with Gasteiger partial charge in [0.1, 0.15) is 0 Å². The average Bonchev–Trinajstić information content (AvgIpc) is 2.12. The van der Waals surface area contributed by atoms with Crippen molar-refractivity contribution in [1.82, 2.24) is 0 Å². The van der Waals surface area contributed by atoms with E-state index in [9.17, 15) is 0 Å². The molecule has 0 aliphatic rings. The number of allylic oxidation sites excluding steroid dienone is 4. The third kappa shape index (κ3) is 3.53. The minimum Gasteiger partial charge on any atom is -0.147 e. The molecule has 0 nitrogen and oxygen atoms in total. The van der Waals surface area contributed by atoms with Crippen molar-refractivity contribution in [3.63, 3.8) is 0 Å². The molecule has 0 aliphatic heterocycles. The quantitative estimate of drug-likeness (QED) is 0.502. The predicted molar refractivity (Wildman–Crippen MR) is 69.7 cm³/mol. The molecule has 0 spiro atoms. The molecule has 0 bridgehead atoms. The Labute approximate surface area is 94.9 Å². The molecule has 0 aromatic carbocycles. The van der Waals surface area contributed by atoms with Crippen molar-refractivity contribution in [3.8, 4) is 0 Å². The Kier molecular flexibility index (Phi) is 5.58. The summed E-state index contributed by atoms with van der Waals surface area (Å²) >= 11 is 4.57. The summed E-state index contributed by atoms with van der Waals surface area (Å²) in [5.41, 5.74) is 4.21. The fourth-order valence-electron chi connectivity index (χ4n) is 1.35. The molecule has 0 heterocycles. The molecule has 0 aliphatic carbocycles. The number of hydrogen-bond acceptors (Lipinski definition) is 1. The van der Waals surface area contributed by atoms with Gasteiger partial charge >= 0.3 is 0 Å². The molecular weight excluding hydrogens is 188 g/mol. The van der Waals surface area contributed by atoms with E-state index >= 15 is 0 Å². The Morgan fingerprint density at radius 3 is 1.50 bits per heavy atom. The lowest BCUT2D eigenvalue weighted by atomic mass is 9.94. The van der Waals surface area contributed by atoms with Crippen LogP contribution in [0.25, 0.3) is 0 Å². The van der Waals surface area contributed by atoms with Gasteiger partial charge in [0, 0.05) is 0 Å². The maximum atomic E-state index is 4.57. The minimum atomic E-state index is 0.522. The van der Waals surface area contributed by atoms with E-state index in [0.717, 1.165) is 0 Å². The van der Waals surface area contributed by atoms with Gasteiger partial charge in [0.25, 0.3) is 0 Å². The van der Waals surface area contributed by atoms with Crippen LogP contribution in [0.4, 0.5) is 0 Å². The highest BCUT2D eigenvalue weighted by molar-refractivity contribution is 7.84. The highest BCUT2D eigenvalue weighted by Gasteiger charge is 2.08. The second-order valence-corrected chi connectivity index (χ2v) is 5.11. The standard InChI is InChI=1S/C13H24S/c1-8(2)10(5)11(6)12(7)13(14)9(3)4/h8-9,14H,1-7H3/b11-10-,13-12+. The molecular formula is C13H24S. The third-order valence-corrected chi connectivity index (χ3v) is 3.80. The Balaban J connectivity index is 5.14. The first kappa shape index (κ1) is 13.8. The van der Waals surface area contributed by atoms with Crippen LogP contribution in [0.1, 0.15) is 48.5 Å². The van der Waals surface area contributed by atoms with Gasteiger partial charge in [-0.15, -0.1) is 12.6 Å². The Hall–Kier alpha value is -0.170. The SMILES string of the molecule is CC(=C(\C)C(C)C)/C(C)=C(/S)C(C)C. The monoisotopic (exact) mass is 212 g/mol. The Morgan fingerprint density at radius 1 is 0.786 bits per heavy atom. The van der Waals surface area contributed by atoms with Crippen molar-refractivity contribution in [2.45, 2.75) is 48.5 Å². The van der Waals surface area contributed by atoms with Gasteiger partial charge in [-0.05, 0) is 48.7 Å². The molecule has 0 aromatic heterocycles. The van der Waals surface area contributed by atoms with E-state index < -0.39 is 0 Å². The van der Waals surface area contributed by atoms with Crippen LogP contribution in [-0.2, 0) is 0 Å². The first-order valence-corrected chi connectivity index (χ1v) is 5.81. The Morgan fingerprint density at radius 2 is 1.21 bits per heavy atom. The molecule has 0 aromatic rings. The second-order valence-electron chi connectivity index (χ2n) is 4.63. The summed E-state index contributed by atoms with van der Waals surface area (Å²) < 4.78 is 0. The van der Waals surface area contributed by atoms with Crippen molar-refractivity contribution in [2.75, 3.05) is 0 Å². The normalized spacial score (nSPS) is 15.9. The second kappa shape index (κ2) is 5.65. The fourth-order valence-corrected chi connectivity index (χ4v) is 1.52. The highest BCUT2D eigenvalue weighted by Crippen LogP contribution is 2.27. The largest absolute Gasteiger partial charge is 0.147 e. The van der Waals surface area contributed by atoms with E-state index in [1.807, 2.05) is 0 Å². The van der Waals surface area contributed by atoms with Gasteiger partial charge in [-0.25, -0.2) is 0 Å². The summed E-state index contributed by atoms with van der Waals surface area (Å²) in [5.74, 6) is 1.14. The minimum absolute atomic E-state index is 0.522. The van der Waals surface area contributed by atoms with E-state index in [4.69, 9.17) is 0 Å². The van der Waals surface area contributed by atoms with Gasteiger partial charge < -0.3 is 0 Å². The maximum absolute atomic E-state index is 4.57. The van der Waals surface area contributed by atoms with Crippen molar-refractivity contribution in [1.29, 1.82) is 0 Å². The van der Waals surface area contributed by atoms with Crippen LogP contribution in [0.2, 0.25) is 0 Å².